The first-order chi connectivity index (χ1) is 15.7. The van der Waals surface area contributed by atoms with Crippen LogP contribution in [0.15, 0.2) is 42.7 Å². The molecule has 1 fully saturated rings. The van der Waals surface area contributed by atoms with E-state index in [1.165, 1.54) is 17.3 Å². The molecule has 0 aliphatic carbocycles. The number of anilines is 2. The molecule has 1 aromatic carbocycles. The van der Waals surface area contributed by atoms with Crippen LogP contribution < -0.4 is 9.80 Å². The molecule has 0 radical (unpaired) electrons. The summed E-state index contributed by atoms with van der Waals surface area (Å²) in [6, 6.07) is 11.5. The molecular weight excluding hydrogens is 400 g/mol. The Morgan fingerprint density at radius 3 is 2.72 bits per heavy atom. The van der Waals surface area contributed by atoms with Crippen LogP contribution in [0.25, 0.3) is 11.3 Å². The number of nitriles is 1. The predicted molar refractivity (Wildman–Crippen MR) is 124 cm³/mol. The fraction of sp³-hybridized carbons (Fsp3) is 0.360. The first-order valence-corrected chi connectivity index (χ1v) is 11.2. The number of hydrogen-bond donors (Lipinski definition) is 1. The number of fused-ring (bicyclic) bond motifs is 1. The van der Waals surface area contributed by atoms with E-state index in [9.17, 15) is 5.11 Å². The number of nitrogens with zero attached hydrogens (tertiary/aromatic N) is 6. The molecular formula is C25H26N6O. The van der Waals surface area contributed by atoms with Crippen LogP contribution in [0, 0.1) is 18.3 Å². The van der Waals surface area contributed by atoms with Crippen molar-refractivity contribution in [1.29, 1.82) is 5.26 Å². The van der Waals surface area contributed by atoms with Crippen molar-refractivity contribution < 1.29 is 5.11 Å². The highest BCUT2D eigenvalue weighted by Crippen LogP contribution is 2.37. The smallest absolute Gasteiger partial charge is 0.155 e. The summed E-state index contributed by atoms with van der Waals surface area (Å²) < 4.78 is 0. The molecule has 0 bridgehead atoms. The van der Waals surface area contributed by atoms with Gasteiger partial charge in [0.05, 0.1) is 17.3 Å². The summed E-state index contributed by atoms with van der Waals surface area (Å²) >= 11 is 0. The molecule has 32 heavy (non-hydrogen) atoms. The minimum atomic E-state index is 0.0642. The Bertz CT molecular complexity index is 1170. The Morgan fingerprint density at radius 2 is 1.94 bits per heavy atom. The van der Waals surface area contributed by atoms with E-state index >= 15 is 0 Å². The minimum absolute atomic E-state index is 0.0642. The molecule has 4 heterocycles. The van der Waals surface area contributed by atoms with Gasteiger partial charge in [0.15, 0.2) is 5.82 Å². The van der Waals surface area contributed by atoms with E-state index in [-0.39, 0.29) is 5.75 Å². The summed E-state index contributed by atoms with van der Waals surface area (Å²) in [5, 5.41) is 28.7. The lowest BCUT2D eigenvalue weighted by atomic mass is 9.94. The average Bonchev–Trinajstić information content (AvgIpc) is 2.85. The van der Waals surface area contributed by atoms with Gasteiger partial charge in [-0.1, -0.05) is 0 Å². The van der Waals surface area contributed by atoms with Gasteiger partial charge in [-0.05, 0) is 68.5 Å². The van der Waals surface area contributed by atoms with Gasteiger partial charge < -0.3 is 14.9 Å². The maximum absolute atomic E-state index is 10.5. The third kappa shape index (κ3) is 3.62. The highest BCUT2D eigenvalue weighted by Gasteiger charge is 2.31. The quantitative estimate of drug-likeness (QED) is 0.680. The SMILES string of the molecule is Cc1c(-c2ccc(C#N)cc2O)nnc2c1CCCN2C1CCCN(c2ccncc2)C1. The summed E-state index contributed by atoms with van der Waals surface area (Å²) in [5.74, 6) is 1.04. The maximum Gasteiger partial charge on any atom is 0.155 e. The third-order valence-electron chi connectivity index (χ3n) is 6.67. The van der Waals surface area contributed by atoms with E-state index in [2.05, 4.69) is 50.1 Å². The number of phenols is 1. The van der Waals surface area contributed by atoms with Crippen LogP contribution >= 0.6 is 0 Å². The number of aromatic hydroxyl groups is 1. The Morgan fingerprint density at radius 1 is 1.09 bits per heavy atom. The van der Waals surface area contributed by atoms with E-state index in [1.807, 2.05) is 12.4 Å². The summed E-state index contributed by atoms with van der Waals surface area (Å²) in [7, 11) is 0. The maximum atomic E-state index is 10.5. The number of rotatable bonds is 3. The predicted octanol–water partition coefficient (Wildman–Crippen LogP) is 3.85. The molecule has 1 atom stereocenters. The average molecular weight is 427 g/mol. The van der Waals surface area contributed by atoms with Gasteiger partial charge in [0.1, 0.15) is 5.75 Å². The summed E-state index contributed by atoms with van der Waals surface area (Å²) in [6.07, 6.45) is 8.01. The van der Waals surface area contributed by atoms with E-state index in [0.29, 0.717) is 22.9 Å². The zero-order valence-corrected chi connectivity index (χ0v) is 18.2. The molecule has 1 N–H and O–H groups in total. The number of piperidine rings is 1. The van der Waals surface area contributed by atoms with Crippen LogP contribution in [0.4, 0.5) is 11.5 Å². The van der Waals surface area contributed by atoms with Crippen molar-refractivity contribution in [1.82, 2.24) is 15.2 Å². The molecule has 1 unspecified atom stereocenters. The topological polar surface area (TPSA) is 89.2 Å². The Labute approximate surface area is 188 Å². The fourth-order valence-electron chi connectivity index (χ4n) is 5.02. The van der Waals surface area contributed by atoms with E-state index < -0.39 is 0 Å². The number of pyridine rings is 1. The molecule has 2 aliphatic heterocycles. The Balaban J connectivity index is 1.46. The van der Waals surface area contributed by atoms with Gasteiger partial charge in [0, 0.05) is 54.9 Å². The van der Waals surface area contributed by atoms with Crippen LogP contribution in [0.2, 0.25) is 0 Å². The molecule has 0 amide bonds. The number of benzene rings is 1. The molecule has 2 aliphatic rings. The molecule has 2 aromatic heterocycles. The second-order valence-electron chi connectivity index (χ2n) is 8.56. The Hall–Kier alpha value is -3.66. The van der Waals surface area contributed by atoms with E-state index in [1.54, 1.807) is 12.1 Å². The van der Waals surface area contributed by atoms with Crippen molar-refractivity contribution in [2.45, 2.75) is 38.6 Å². The van der Waals surface area contributed by atoms with Gasteiger partial charge in [0.25, 0.3) is 0 Å². The van der Waals surface area contributed by atoms with Crippen LogP contribution in [0.5, 0.6) is 5.75 Å². The molecule has 0 saturated carbocycles. The summed E-state index contributed by atoms with van der Waals surface area (Å²) in [4.78, 5) is 9.03. The number of hydrogen-bond acceptors (Lipinski definition) is 7. The monoisotopic (exact) mass is 426 g/mol. The van der Waals surface area contributed by atoms with E-state index in [4.69, 9.17) is 5.26 Å². The standard InChI is InChI=1S/C25H26N6O/c1-17-21-5-3-13-31(20-4-2-12-30(16-20)19-8-10-27-11-9-19)25(21)29-28-24(17)22-7-6-18(15-26)14-23(22)32/h6-11,14,20,32H,2-5,12-13,16H2,1H3. The first kappa shape index (κ1) is 20.3. The lowest BCUT2D eigenvalue weighted by Gasteiger charge is -2.43. The second kappa shape index (κ2) is 8.46. The van der Waals surface area contributed by atoms with Crippen molar-refractivity contribution in [2.24, 2.45) is 0 Å². The zero-order chi connectivity index (χ0) is 22.1. The fourth-order valence-corrected chi connectivity index (χ4v) is 5.02. The zero-order valence-electron chi connectivity index (χ0n) is 18.2. The highest BCUT2D eigenvalue weighted by molar-refractivity contribution is 5.73. The van der Waals surface area contributed by atoms with Gasteiger partial charge in [-0.15, -0.1) is 10.2 Å². The van der Waals surface area contributed by atoms with Crippen molar-refractivity contribution in [3.63, 3.8) is 0 Å². The third-order valence-corrected chi connectivity index (χ3v) is 6.67. The van der Waals surface area contributed by atoms with Gasteiger partial charge in [-0.3, -0.25) is 4.98 Å². The van der Waals surface area contributed by atoms with Crippen molar-refractivity contribution in [3.8, 4) is 23.1 Å². The largest absolute Gasteiger partial charge is 0.507 e. The lowest BCUT2D eigenvalue weighted by Crippen LogP contribution is -2.50. The van der Waals surface area contributed by atoms with Crippen molar-refractivity contribution in [2.75, 3.05) is 29.4 Å². The molecule has 7 heteroatoms. The number of phenolic OH excluding ortho intramolecular Hbond substituents is 1. The van der Waals surface area contributed by atoms with Crippen LogP contribution in [-0.2, 0) is 6.42 Å². The van der Waals surface area contributed by atoms with Gasteiger partial charge >= 0.3 is 0 Å². The van der Waals surface area contributed by atoms with Crippen molar-refractivity contribution in [3.05, 3.63) is 59.4 Å². The van der Waals surface area contributed by atoms with Crippen LogP contribution in [-0.4, -0.2) is 46.0 Å². The lowest BCUT2D eigenvalue weighted by molar-refractivity contribution is 0.455. The summed E-state index contributed by atoms with van der Waals surface area (Å²) in [5.41, 5.74) is 5.23. The first-order valence-electron chi connectivity index (χ1n) is 11.2. The van der Waals surface area contributed by atoms with Gasteiger partial charge in [0.2, 0.25) is 0 Å². The molecule has 0 spiro atoms. The van der Waals surface area contributed by atoms with Gasteiger partial charge in [-0.25, -0.2) is 0 Å². The normalized spacial score (nSPS) is 18.2. The number of aromatic nitrogens is 3. The van der Waals surface area contributed by atoms with Gasteiger partial charge in [-0.2, -0.15) is 5.26 Å². The molecule has 1 saturated heterocycles. The van der Waals surface area contributed by atoms with E-state index in [0.717, 1.165) is 56.7 Å². The van der Waals surface area contributed by atoms with Crippen LogP contribution in [0.3, 0.4) is 0 Å². The minimum Gasteiger partial charge on any atom is -0.507 e. The molecule has 162 valence electrons. The summed E-state index contributed by atoms with van der Waals surface area (Å²) in [6.45, 7) is 5.07. The molecule has 7 nitrogen and oxygen atoms in total. The van der Waals surface area contributed by atoms with Crippen molar-refractivity contribution >= 4 is 11.5 Å². The molecule has 5 rings (SSSR count). The highest BCUT2D eigenvalue weighted by atomic mass is 16.3. The van der Waals surface area contributed by atoms with Crippen LogP contribution in [0.1, 0.15) is 36.0 Å². The second-order valence-corrected chi connectivity index (χ2v) is 8.56. The molecule has 3 aromatic rings. The Kier molecular flexibility index (Phi) is 5.36.